The third-order valence-electron chi connectivity index (χ3n) is 4.84. The summed E-state index contributed by atoms with van der Waals surface area (Å²) in [6.07, 6.45) is 4.60. The largest absolute Gasteiger partial charge is 0.508 e. The molecule has 0 unspecified atom stereocenters. The lowest BCUT2D eigenvalue weighted by Crippen LogP contribution is -2.25. The molecule has 5 nitrogen and oxygen atoms in total. The molecule has 2 aliphatic rings. The molecule has 1 aliphatic heterocycles. The van der Waals surface area contributed by atoms with Crippen molar-refractivity contribution in [1.29, 1.82) is 0 Å². The van der Waals surface area contributed by atoms with E-state index in [4.69, 9.17) is 4.42 Å². The van der Waals surface area contributed by atoms with Gasteiger partial charge in [0.15, 0.2) is 5.43 Å². The van der Waals surface area contributed by atoms with E-state index < -0.39 is 0 Å². The minimum atomic E-state index is -0.172. The number of carbonyl (C=O) groups is 1. The first-order valence-electron chi connectivity index (χ1n) is 11.7. The van der Waals surface area contributed by atoms with E-state index in [9.17, 15) is 14.7 Å². The highest BCUT2D eigenvalue weighted by molar-refractivity contribution is 7.80. The molecular formula is C30H33NO4S. The number of hydrogen-bond acceptors (Lipinski definition) is 5. The Hall–Kier alpha value is -3.69. The molecule has 2 aromatic carbocycles. The quantitative estimate of drug-likeness (QED) is 0.168. The number of hydrogen-bond donors (Lipinski definition) is 3. The Morgan fingerprint density at radius 2 is 1.75 bits per heavy atom. The third kappa shape index (κ3) is 7.40. The summed E-state index contributed by atoms with van der Waals surface area (Å²) in [7, 11) is 0. The van der Waals surface area contributed by atoms with E-state index in [1.165, 1.54) is 18.2 Å². The molecule has 0 fully saturated rings. The van der Waals surface area contributed by atoms with Crippen LogP contribution in [0.4, 0.5) is 0 Å². The number of phenols is 1. The molecular weight excluding hydrogens is 470 g/mol. The molecule has 6 heteroatoms. The Morgan fingerprint density at radius 3 is 2.39 bits per heavy atom. The van der Waals surface area contributed by atoms with E-state index in [1.807, 2.05) is 19.1 Å². The van der Waals surface area contributed by atoms with Gasteiger partial charge in [0.25, 0.3) is 5.91 Å². The van der Waals surface area contributed by atoms with Crippen LogP contribution in [0.2, 0.25) is 0 Å². The lowest BCUT2D eigenvalue weighted by atomic mass is 9.90. The summed E-state index contributed by atoms with van der Waals surface area (Å²) in [5.74, 6) is 3.96. The van der Waals surface area contributed by atoms with E-state index in [0.29, 0.717) is 29.2 Å². The molecule has 0 spiro atoms. The first-order chi connectivity index (χ1) is 17.1. The highest BCUT2D eigenvalue weighted by Crippen LogP contribution is 2.41. The summed E-state index contributed by atoms with van der Waals surface area (Å²) < 4.78 is 5.89. The fraction of sp³-hybridized carbons (Fsp3) is 0.267. The van der Waals surface area contributed by atoms with Crippen LogP contribution in [-0.4, -0.2) is 23.3 Å². The lowest BCUT2D eigenvalue weighted by molar-refractivity contribution is 0.0956. The normalized spacial score (nSPS) is 10.2. The molecule has 1 amide bonds. The van der Waals surface area contributed by atoms with Gasteiger partial charge in [-0.3, -0.25) is 9.59 Å². The van der Waals surface area contributed by atoms with Crippen LogP contribution in [0.5, 0.6) is 5.75 Å². The monoisotopic (exact) mass is 503 g/mol. The molecule has 0 bridgehead atoms. The summed E-state index contributed by atoms with van der Waals surface area (Å²) in [5.41, 5.74) is 4.28. The second-order valence-corrected chi connectivity index (χ2v) is 9.29. The summed E-state index contributed by atoms with van der Waals surface area (Å²) in [5, 5.41) is 13.5. The van der Waals surface area contributed by atoms with Crippen molar-refractivity contribution in [3.8, 4) is 40.5 Å². The molecule has 36 heavy (non-hydrogen) atoms. The molecule has 0 aromatic heterocycles. The molecule has 0 radical (unpaired) electrons. The van der Waals surface area contributed by atoms with Gasteiger partial charge in [-0.2, -0.15) is 12.6 Å². The fourth-order valence-electron chi connectivity index (χ4n) is 3.45. The van der Waals surface area contributed by atoms with Crippen molar-refractivity contribution >= 4 is 29.5 Å². The van der Waals surface area contributed by atoms with Crippen LogP contribution in [0.1, 0.15) is 43.6 Å². The molecule has 188 valence electrons. The van der Waals surface area contributed by atoms with Crippen LogP contribution < -0.4 is 10.7 Å². The van der Waals surface area contributed by atoms with Gasteiger partial charge in [-0.1, -0.05) is 26.8 Å². The Labute approximate surface area is 218 Å². The zero-order chi connectivity index (χ0) is 26.8. The Morgan fingerprint density at radius 1 is 1.08 bits per heavy atom. The Balaban J connectivity index is 0.000000583. The summed E-state index contributed by atoms with van der Waals surface area (Å²) in [6, 6.07) is 15.1. The van der Waals surface area contributed by atoms with E-state index in [-0.39, 0.29) is 17.1 Å². The maximum atomic E-state index is 12.5. The van der Waals surface area contributed by atoms with Crippen LogP contribution in [-0.2, 0) is 0 Å². The van der Waals surface area contributed by atoms with Gasteiger partial charge in [0, 0.05) is 46.5 Å². The predicted octanol–water partition coefficient (Wildman–Crippen LogP) is 6.54. The molecule has 1 aliphatic carbocycles. The Bertz CT molecular complexity index is 1400. The van der Waals surface area contributed by atoms with Crippen molar-refractivity contribution in [1.82, 2.24) is 5.32 Å². The summed E-state index contributed by atoms with van der Waals surface area (Å²) in [6.45, 7) is 10.6. The number of benzene rings is 3. The standard InChI is InChI=1S/C23H19NO4S.C4H10.C3H4/c1-13-2-3-14(23(27)24-8-9-29)10-19(13)22-17-6-4-15(25)11-20(17)28-21-12-16(26)5-7-18(21)22;1-4(2)3;1-3-2/h2-7,10-12,25,29H,8-9H2,1H3,(H,24,27);4H,1-3H3;1H,2H3. The average molecular weight is 504 g/mol. The number of aromatic hydroxyl groups is 1. The first kappa shape index (κ1) is 28.5. The van der Waals surface area contributed by atoms with E-state index in [0.717, 1.165) is 33.6 Å². The van der Waals surface area contributed by atoms with Gasteiger partial charge in [-0.25, -0.2) is 0 Å². The van der Waals surface area contributed by atoms with E-state index in [2.05, 4.69) is 51.1 Å². The van der Waals surface area contributed by atoms with Crippen LogP contribution >= 0.6 is 12.6 Å². The maximum Gasteiger partial charge on any atom is 0.251 e. The van der Waals surface area contributed by atoms with Gasteiger partial charge in [-0.05, 0) is 67.3 Å². The number of terminal acetylenes is 1. The third-order valence-corrected chi connectivity index (χ3v) is 5.07. The number of fused-ring (bicyclic) bond motifs is 2. The SMILES string of the molecule is C#CC.CC(C)C.Cc1ccc(C(=O)NCCS)cc1-c1c2ccc(=O)cc-2oc2cc(O)ccc12. The van der Waals surface area contributed by atoms with Gasteiger partial charge < -0.3 is 14.8 Å². The minimum Gasteiger partial charge on any atom is -0.508 e. The number of nitrogens with one attached hydrogen (secondary N) is 1. The molecule has 4 rings (SSSR count). The highest BCUT2D eigenvalue weighted by Gasteiger charge is 2.20. The van der Waals surface area contributed by atoms with Crippen molar-refractivity contribution in [2.75, 3.05) is 12.3 Å². The van der Waals surface area contributed by atoms with Gasteiger partial charge in [0.05, 0.1) is 0 Å². The molecule has 2 aromatic rings. The van der Waals surface area contributed by atoms with Crippen LogP contribution in [0.25, 0.3) is 33.4 Å². The van der Waals surface area contributed by atoms with Crippen LogP contribution in [0.3, 0.4) is 0 Å². The highest BCUT2D eigenvalue weighted by atomic mass is 32.1. The minimum absolute atomic E-state index is 0.0708. The second kappa shape index (κ2) is 13.4. The number of rotatable bonds is 4. The van der Waals surface area contributed by atoms with Gasteiger partial charge in [-0.15, -0.1) is 12.3 Å². The number of thiol groups is 1. The van der Waals surface area contributed by atoms with Crippen LogP contribution in [0.15, 0.2) is 63.8 Å². The number of carbonyl (C=O) groups excluding carboxylic acids is 1. The van der Waals surface area contributed by atoms with Gasteiger partial charge >= 0.3 is 0 Å². The molecule has 0 saturated carbocycles. The number of aryl methyl sites for hydroxylation is 1. The van der Waals surface area contributed by atoms with Gasteiger partial charge in [0.2, 0.25) is 0 Å². The number of phenolic OH excluding ortho intramolecular Hbond substituents is 1. The van der Waals surface area contributed by atoms with Crippen LogP contribution in [0, 0.1) is 25.2 Å². The zero-order valence-corrected chi connectivity index (χ0v) is 22.3. The zero-order valence-electron chi connectivity index (χ0n) is 21.4. The van der Waals surface area contributed by atoms with E-state index >= 15 is 0 Å². The second-order valence-electron chi connectivity index (χ2n) is 8.85. The van der Waals surface area contributed by atoms with Crippen molar-refractivity contribution in [3.05, 3.63) is 75.9 Å². The first-order valence-corrected chi connectivity index (χ1v) is 12.3. The molecule has 2 N–H and O–H groups in total. The van der Waals surface area contributed by atoms with E-state index in [1.54, 1.807) is 31.2 Å². The molecule has 0 atom stereocenters. The predicted molar refractivity (Wildman–Crippen MR) is 152 cm³/mol. The lowest BCUT2D eigenvalue weighted by Gasteiger charge is -2.17. The van der Waals surface area contributed by atoms with Crippen molar-refractivity contribution in [2.24, 2.45) is 5.92 Å². The van der Waals surface area contributed by atoms with Crippen molar-refractivity contribution in [2.45, 2.75) is 34.6 Å². The fourth-order valence-corrected chi connectivity index (χ4v) is 3.57. The van der Waals surface area contributed by atoms with Crippen molar-refractivity contribution < 1.29 is 14.3 Å². The smallest absolute Gasteiger partial charge is 0.251 e. The summed E-state index contributed by atoms with van der Waals surface area (Å²) >= 11 is 4.13. The summed E-state index contributed by atoms with van der Waals surface area (Å²) in [4.78, 5) is 24.4. The van der Waals surface area contributed by atoms with Crippen molar-refractivity contribution in [3.63, 3.8) is 0 Å². The average Bonchev–Trinajstić information content (AvgIpc) is 2.81. The molecule has 0 saturated heterocycles. The Kier molecular flexibility index (Phi) is 10.6. The molecule has 1 heterocycles. The van der Waals surface area contributed by atoms with Gasteiger partial charge in [0.1, 0.15) is 17.1 Å². The number of amides is 1. The maximum absolute atomic E-state index is 12.5. The topological polar surface area (TPSA) is 79.5 Å².